The van der Waals surface area contributed by atoms with Crippen LogP contribution in [0, 0.1) is 0 Å². The first-order valence-electron chi connectivity index (χ1n) is 4.91. The molecule has 0 radical (unpaired) electrons. The minimum atomic E-state index is -0.404. The summed E-state index contributed by atoms with van der Waals surface area (Å²) in [6.45, 7) is 0. The van der Waals surface area contributed by atoms with E-state index < -0.39 is 6.04 Å². The van der Waals surface area contributed by atoms with Crippen LogP contribution in [0.25, 0.3) is 0 Å². The van der Waals surface area contributed by atoms with E-state index in [2.05, 4.69) is 0 Å². The summed E-state index contributed by atoms with van der Waals surface area (Å²) in [6, 6.07) is 6.37. The topological polar surface area (TPSA) is 92.6 Å². The average molecular weight is 219 g/mol. The maximum atomic E-state index is 11.5. The van der Waals surface area contributed by atoms with Crippen molar-refractivity contribution in [3.8, 4) is 5.75 Å². The van der Waals surface area contributed by atoms with Gasteiger partial charge in [0.2, 0.25) is 0 Å². The third-order valence-electron chi connectivity index (χ3n) is 2.62. The van der Waals surface area contributed by atoms with E-state index in [4.69, 9.17) is 11.6 Å². The summed E-state index contributed by atoms with van der Waals surface area (Å²) in [5, 5.41) is 10.8. The minimum absolute atomic E-state index is 0.116. The van der Waals surface area contributed by atoms with Crippen LogP contribution in [0.1, 0.15) is 18.0 Å². The van der Waals surface area contributed by atoms with Gasteiger partial charge >= 0.3 is 0 Å². The highest BCUT2D eigenvalue weighted by atomic mass is 16.3. The van der Waals surface area contributed by atoms with Gasteiger partial charge in [0.15, 0.2) is 0 Å². The van der Waals surface area contributed by atoms with E-state index in [0.717, 1.165) is 5.01 Å². The third-order valence-corrected chi connectivity index (χ3v) is 2.62. The molecule has 1 aromatic carbocycles. The molecule has 1 heterocycles. The first-order chi connectivity index (χ1) is 7.59. The fraction of sp³-hybridized carbons (Fsp3) is 0.182. The molecule has 1 aliphatic rings. The monoisotopic (exact) mass is 219 g/mol. The lowest BCUT2D eigenvalue weighted by Gasteiger charge is -2.30. The summed E-state index contributed by atoms with van der Waals surface area (Å²) in [4.78, 5) is 11.5. The van der Waals surface area contributed by atoms with E-state index in [-0.39, 0.29) is 11.7 Å². The number of phenolic OH excluding ortho intramolecular Hbond substituents is 1. The van der Waals surface area contributed by atoms with Crippen molar-refractivity contribution in [2.24, 2.45) is 11.6 Å². The van der Waals surface area contributed by atoms with Gasteiger partial charge in [0, 0.05) is 23.8 Å². The Bertz CT molecular complexity index is 456. The van der Waals surface area contributed by atoms with Crippen LogP contribution in [0.15, 0.2) is 36.0 Å². The van der Waals surface area contributed by atoms with Gasteiger partial charge in [-0.25, -0.2) is 5.84 Å². The van der Waals surface area contributed by atoms with Gasteiger partial charge in [-0.1, -0.05) is 18.2 Å². The Labute approximate surface area is 92.9 Å². The highest BCUT2D eigenvalue weighted by molar-refractivity contribution is 5.89. The largest absolute Gasteiger partial charge is 0.508 e. The number of amides is 1. The fourth-order valence-corrected chi connectivity index (χ4v) is 1.80. The van der Waals surface area contributed by atoms with E-state index in [1.807, 2.05) is 0 Å². The van der Waals surface area contributed by atoms with Crippen LogP contribution < -0.4 is 11.6 Å². The Hall–Kier alpha value is -2.01. The lowest BCUT2D eigenvalue weighted by Crippen LogP contribution is -2.43. The summed E-state index contributed by atoms with van der Waals surface area (Å²) >= 11 is 0. The molecular weight excluding hydrogens is 206 g/mol. The van der Waals surface area contributed by atoms with E-state index in [9.17, 15) is 9.90 Å². The van der Waals surface area contributed by atoms with E-state index in [0.29, 0.717) is 17.7 Å². The molecule has 5 heteroatoms. The lowest BCUT2D eigenvalue weighted by atomic mass is 9.98. The second kappa shape index (κ2) is 3.86. The van der Waals surface area contributed by atoms with Crippen molar-refractivity contribution in [1.29, 1.82) is 0 Å². The van der Waals surface area contributed by atoms with Gasteiger partial charge in [0.05, 0.1) is 6.04 Å². The molecule has 1 aromatic rings. The quantitative estimate of drug-likeness (QED) is 0.470. The molecule has 1 atom stereocenters. The highest BCUT2D eigenvalue weighted by Crippen LogP contribution is 2.32. The Morgan fingerprint density at radius 2 is 2.06 bits per heavy atom. The molecule has 0 saturated carbocycles. The van der Waals surface area contributed by atoms with Crippen molar-refractivity contribution in [3.05, 3.63) is 41.6 Å². The van der Waals surface area contributed by atoms with Crippen molar-refractivity contribution >= 4 is 5.91 Å². The molecule has 2 rings (SSSR count). The van der Waals surface area contributed by atoms with Crippen LogP contribution in [-0.4, -0.2) is 16.0 Å². The van der Waals surface area contributed by atoms with E-state index in [1.54, 1.807) is 24.3 Å². The second-order valence-electron chi connectivity index (χ2n) is 3.74. The number of nitrogens with zero attached hydrogens (tertiary/aromatic N) is 1. The highest BCUT2D eigenvalue weighted by Gasteiger charge is 2.28. The molecule has 1 aliphatic heterocycles. The normalized spacial score (nSPS) is 20.8. The fourth-order valence-electron chi connectivity index (χ4n) is 1.80. The summed E-state index contributed by atoms with van der Waals surface area (Å²) in [7, 11) is 0. The van der Waals surface area contributed by atoms with E-state index >= 15 is 0 Å². The Balaban J connectivity index is 2.39. The summed E-state index contributed by atoms with van der Waals surface area (Å²) in [6.07, 6.45) is 1.73. The number of carbonyl (C=O) groups is 1. The summed E-state index contributed by atoms with van der Waals surface area (Å²) in [5.74, 6) is 5.42. The number of rotatable bonds is 1. The first kappa shape index (κ1) is 10.5. The summed E-state index contributed by atoms with van der Waals surface area (Å²) < 4.78 is 0. The smallest absolute Gasteiger partial charge is 0.262 e. The standard InChI is InChI=1S/C11H13N3O2/c12-7-5-9(14(13)11(16)6-7)8-3-1-2-4-10(8)15/h1-4,6,9,15H,5,12-13H2. The zero-order chi connectivity index (χ0) is 11.7. The van der Waals surface area contributed by atoms with Crippen LogP contribution in [0.5, 0.6) is 5.75 Å². The Morgan fingerprint density at radius 3 is 2.75 bits per heavy atom. The molecule has 0 fully saturated rings. The molecule has 0 bridgehead atoms. The van der Waals surface area contributed by atoms with Crippen molar-refractivity contribution < 1.29 is 9.90 Å². The van der Waals surface area contributed by atoms with Gasteiger partial charge in [-0.15, -0.1) is 0 Å². The SMILES string of the molecule is NC1=CC(=O)N(N)C(c2ccccc2O)C1. The van der Waals surface area contributed by atoms with Crippen LogP contribution in [-0.2, 0) is 4.79 Å². The number of hydrogen-bond donors (Lipinski definition) is 3. The maximum absolute atomic E-state index is 11.5. The van der Waals surface area contributed by atoms with Crippen LogP contribution in [0.2, 0.25) is 0 Å². The van der Waals surface area contributed by atoms with Gasteiger partial charge in [0.25, 0.3) is 5.91 Å². The number of aromatic hydroxyl groups is 1. The number of benzene rings is 1. The van der Waals surface area contributed by atoms with Crippen molar-refractivity contribution in [3.63, 3.8) is 0 Å². The average Bonchev–Trinajstić information content (AvgIpc) is 2.24. The van der Waals surface area contributed by atoms with Crippen molar-refractivity contribution in [2.45, 2.75) is 12.5 Å². The van der Waals surface area contributed by atoms with Gasteiger partial charge in [-0.2, -0.15) is 0 Å². The molecule has 0 spiro atoms. The molecule has 0 saturated heterocycles. The molecular formula is C11H13N3O2. The van der Waals surface area contributed by atoms with Gasteiger partial charge in [0.1, 0.15) is 5.75 Å². The number of para-hydroxylation sites is 1. The lowest BCUT2D eigenvalue weighted by molar-refractivity contribution is -0.129. The number of nitrogens with two attached hydrogens (primary N) is 2. The molecule has 84 valence electrons. The predicted octanol–water partition coefficient (Wildman–Crippen LogP) is 0.382. The number of phenols is 1. The number of carbonyl (C=O) groups excluding carboxylic acids is 1. The molecule has 1 unspecified atom stereocenters. The zero-order valence-electron chi connectivity index (χ0n) is 8.63. The molecule has 0 aromatic heterocycles. The maximum Gasteiger partial charge on any atom is 0.262 e. The van der Waals surface area contributed by atoms with Crippen LogP contribution in [0.3, 0.4) is 0 Å². The predicted molar refractivity (Wildman–Crippen MR) is 58.8 cm³/mol. The van der Waals surface area contributed by atoms with Crippen LogP contribution >= 0.6 is 0 Å². The van der Waals surface area contributed by atoms with Gasteiger partial charge < -0.3 is 10.8 Å². The zero-order valence-corrected chi connectivity index (χ0v) is 8.63. The summed E-state index contributed by atoms with van der Waals surface area (Å²) in [5.41, 5.74) is 6.72. The molecule has 5 N–H and O–H groups in total. The minimum Gasteiger partial charge on any atom is -0.508 e. The Kier molecular flexibility index (Phi) is 2.54. The van der Waals surface area contributed by atoms with Gasteiger partial charge in [-0.05, 0) is 6.07 Å². The second-order valence-corrected chi connectivity index (χ2v) is 3.74. The molecule has 5 nitrogen and oxygen atoms in total. The molecule has 1 amide bonds. The van der Waals surface area contributed by atoms with Gasteiger partial charge in [-0.3, -0.25) is 9.80 Å². The van der Waals surface area contributed by atoms with Crippen LogP contribution in [0.4, 0.5) is 0 Å². The Morgan fingerprint density at radius 1 is 1.38 bits per heavy atom. The molecule has 0 aliphatic carbocycles. The number of hydrogen-bond acceptors (Lipinski definition) is 4. The number of hydrazine groups is 1. The molecule has 16 heavy (non-hydrogen) atoms. The van der Waals surface area contributed by atoms with Crippen molar-refractivity contribution in [1.82, 2.24) is 5.01 Å². The third kappa shape index (κ3) is 1.72. The van der Waals surface area contributed by atoms with Crippen molar-refractivity contribution in [2.75, 3.05) is 0 Å². The van der Waals surface area contributed by atoms with E-state index in [1.165, 1.54) is 6.08 Å². The first-order valence-corrected chi connectivity index (χ1v) is 4.91.